The Morgan fingerprint density at radius 3 is 2.63 bits per heavy atom. The lowest BCUT2D eigenvalue weighted by Gasteiger charge is -2.22. The number of benzene rings is 1. The van der Waals surface area contributed by atoms with Crippen LogP contribution in [0.5, 0.6) is 0 Å². The molecule has 0 saturated carbocycles. The SMILES string of the molecule is CCN(C[C@H](C)O)C(=O)Nc1cccc(C(C)=O)c1. The molecule has 104 valence electrons. The number of likely N-dealkylation sites (N-methyl/N-ethyl adjacent to an activating group) is 1. The Bertz CT molecular complexity index is 458. The van der Waals surface area contributed by atoms with Gasteiger partial charge in [0.2, 0.25) is 0 Å². The number of aliphatic hydroxyl groups is 1. The van der Waals surface area contributed by atoms with Crippen molar-refractivity contribution in [3.8, 4) is 0 Å². The first kappa shape index (κ1) is 15.2. The fraction of sp³-hybridized carbons (Fsp3) is 0.429. The lowest BCUT2D eigenvalue weighted by Crippen LogP contribution is -2.39. The van der Waals surface area contributed by atoms with Crippen LogP contribution in [0.3, 0.4) is 0 Å². The van der Waals surface area contributed by atoms with Gasteiger partial charge in [-0.15, -0.1) is 0 Å². The third-order valence-corrected chi connectivity index (χ3v) is 2.67. The van der Waals surface area contributed by atoms with Gasteiger partial charge in [0, 0.05) is 24.3 Å². The molecular weight excluding hydrogens is 244 g/mol. The van der Waals surface area contributed by atoms with Gasteiger partial charge < -0.3 is 15.3 Å². The molecule has 1 rings (SSSR count). The minimum Gasteiger partial charge on any atom is -0.392 e. The third kappa shape index (κ3) is 4.71. The maximum absolute atomic E-state index is 12.0. The van der Waals surface area contributed by atoms with Gasteiger partial charge in [0.1, 0.15) is 0 Å². The minimum atomic E-state index is -0.575. The number of urea groups is 1. The number of nitrogens with zero attached hydrogens (tertiary/aromatic N) is 1. The van der Waals surface area contributed by atoms with Crippen LogP contribution in [-0.4, -0.2) is 41.0 Å². The van der Waals surface area contributed by atoms with Gasteiger partial charge in [-0.2, -0.15) is 0 Å². The van der Waals surface area contributed by atoms with Crippen LogP contribution in [0, 0.1) is 0 Å². The van der Waals surface area contributed by atoms with Gasteiger partial charge in [-0.25, -0.2) is 4.79 Å². The number of hydrogen-bond acceptors (Lipinski definition) is 3. The monoisotopic (exact) mass is 264 g/mol. The molecule has 0 aliphatic carbocycles. The Balaban J connectivity index is 2.75. The van der Waals surface area contributed by atoms with Crippen LogP contribution in [0.4, 0.5) is 10.5 Å². The quantitative estimate of drug-likeness (QED) is 0.800. The van der Waals surface area contributed by atoms with E-state index < -0.39 is 6.10 Å². The highest BCUT2D eigenvalue weighted by Crippen LogP contribution is 2.12. The van der Waals surface area contributed by atoms with E-state index in [0.29, 0.717) is 17.8 Å². The van der Waals surface area contributed by atoms with E-state index in [1.807, 2.05) is 6.92 Å². The molecule has 0 spiro atoms. The highest BCUT2D eigenvalue weighted by Gasteiger charge is 2.14. The Morgan fingerprint density at radius 1 is 1.42 bits per heavy atom. The van der Waals surface area contributed by atoms with E-state index in [9.17, 15) is 14.7 Å². The predicted octanol–water partition coefficient (Wildman–Crippen LogP) is 2.12. The number of amides is 2. The van der Waals surface area contributed by atoms with Crippen LogP contribution in [0.25, 0.3) is 0 Å². The van der Waals surface area contributed by atoms with Crippen molar-refractivity contribution in [2.75, 3.05) is 18.4 Å². The molecule has 0 heterocycles. The van der Waals surface area contributed by atoms with Gasteiger partial charge in [-0.3, -0.25) is 4.79 Å². The summed E-state index contributed by atoms with van der Waals surface area (Å²) in [5.41, 5.74) is 1.12. The van der Waals surface area contributed by atoms with Crippen molar-refractivity contribution >= 4 is 17.5 Å². The van der Waals surface area contributed by atoms with Crippen molar-refractivity contribution in [3.05, 3.63) is 29.8 Å². The number of ketones is 1. The third-order valence-electron chi connectivity index (χ3n) is 2.67. The number of Topliss-reactive ketones (excluding diaryl/α,β-unsaturated/α-hetero) is 1. The van der Waals surface area contributed by atoms with E-state index >= 15 is 0 Å². The molecule has 0 fully saturated rings. The van der Waals surface area contributed by atoms with Gasteiger partial charge in [0.05, 0.1) is 6.10 Å². The van der Waals surface area contributed by atoms with Crippen LogP contribution < -0.4 is 5.32 Å². The van der Waals surface area contributed by atoms with E-state index in [0.717, 1.165) is 0 Å². The fourth-order valence-corrected chi connectivity index (χ4v) is 1.69. The summed E-state index contributed by atoms with van der Waals surface area (Å²) >= 11 is 0. The molecule has 1 atom stereocenters. The van der Waals surface area contributed by atoms with Crippen LogP contribution in [0.15, 0.2) is 24.3 Å². The highest BCUT2D eigenvalue weighted by atomic mass is 16.3. The molecule has 1 aromatic carbocycles. The molecule has 0 aliphatic rings. The van der Waals surface area contributed by atoms with Gasteiger partial charge in [-0.05, 0) is 32.9 Å². The van der Waals surface area contributed by atoms with E-state index in [1.165, 1.54) is 11.8 Å². The lowest BCUT2D eigenvalue weighted by molar-refractivity contribution is 0.101. The number of hydrogen-bond donors (Lipinski definition) is 2. The van der Waals surface area contributed by atoms with E-state index in [4.69, 9.17) is 0 Å². The van der Waals surface area contributed by atoms with Crippen molar-refractivity contribution in [2.45, 2.75) is 26.9 Å². The van der Waals surface area contributed by atoms with Gasteiger partial charge in [-0.1, -0.05) is 12.1 Å². The zero-order chi connectivity index (χ0) is 14.4. The molecule has 19 heavy (non-hydrogen) atoms. The topological polar surface area (TPSA) is 69.6 Å². The van der Waals surface area contributed by atoms with Crippen molar-refractivity contribution in [2.24, 2.45) is 0 Å². The summed E-state index contributed by atoms with van der Waals surface area (Å²) in [7, 11) is 0. The first-order valence-corrected chi connectivity index (χ1v) is 6.29. The Morgan fingerprint density at radius 2 is 2.11 bits per heavy atom. The molecule has 0 aromatic heterocycles. The molecule has 2 amide bonds. The molecule has 0 saturated heterocycles. The normalized spacial score (nSPS) is 11.8. The summed E-state index contributed by atoms with van der Waals surface area (Å²) in [6.45, 7) is 5.73. The summed E-state index contributed by atoms with van der Waals surface area (Å²) in [5, 5.41) is 12.0. The Labute approximate surface area is 113 Å². The number of anilines is 1. The summed E-state index contributed by atoms with van der Waals surface area (Å²) in [6.07, 6.45) is -0.575. The summed E-state index contributed by atoms with van der Waals surface area (Å²) in [6, 6.07) is 6.49. The Hall–Kier alpha value is -1.88. The molecular formula is C14H20N2O3. The van der Waals surface area contributed by atoms with Gasteiger partial charge in [0.15, 0.2) is 5.78 Å². The maximum atomic E-state index is 12.0. The van der Waals surface area contributed by atoms with Crippen LogP contribution in [0.2, 0.25) is 0 Å². The summed E-state index contributed by atoms with van der Waals surface area (Å²) in [4.78, 5) is 24.7. The smallest absolute Gasteiger partial charge is 0.321 e. The number of rotatable bonds is 5. The molecule has 0 bridgehead atoms. The first-order chi connectivity index (χ1) is 8.93. The van der Waals surface area contributed by atoms with E-state index in [-0.39, 0.29) is 18.4 Å². The van der Waals surface area contributed by atoms with Crippen LogP contribution in [0.1, 0.15) is 31.1 Å². The first-order valence-electron chi connectivity index (χ1n) is 6.29. The van der Waals surface area contributed by atoms with Crippen molar-refractivity contribution in [1.29, 1.82) is 0 Å². The number of aliphatic hydroxyl groups excluding tert-OH is 1. The molecule has 1 aromatic rings. The lowest BCUT2D eigenvalue weighted by atomic mass is 10.1. The van der Waals surface area contributed by atoms with E-state index in [2.05, 4.69) is 5.32 Å². The standard InChI is InChI=1S/C14H20N2O3/c1-4-16(9-10(2)17)14(19)15-13-7-5-6-12(8-13)11(3)18/h5-8,10,17H,4,9H2,1-3H3,(H,15,19)/t10-/m0/s1. The zero-order valence-electron chi connectivity index (χ0n) is 11.5. The van der Waals surface area contributed by atoms with Crippen molar-refractivity contribution in [3.63, 3.8) is 0 Å². The molecule has 5 nitrogen and oxygen atoms in total. The number of nitrogens with one attached hydrogen (secondary N) is 1. The molecule has 0 radical (unpaired) electrons. The second-order valence-corrected chi connectivity index (χ2v) is 4.45. The average molecular weight is 264 g/mol. The fourth-order valence-electron chi connectivity index (χ4n) is 1.69. The van der Waals surface area contributed by atoms with E-state index in [1.54, 1.807) is 31.2 Å². The van der Waals surface area contributed by atoms with Crippen molar-refractivity contribution < 1.29 is 14.7 Å². The number of carbonyl (C=O) groups is 2. The molecule has 0 aliphatic heterocycles. The van der Waals surface area contributed by atoms with Crippen molar-refractivity contribution in [1.82, 2.24) is 4.90 Å². The van der Waals surface area contributed by atoms with Gasteiger partial charge in [0.25, 0.3) is 0 Å². The zero-order valence-corrected chi connectivity index (χ0v) is 11.5. The maximum Gasteiger partial charge on any atom is 0.321 e. The Kier molecular flexibility index (Phi) is 5.51. The summed E-state index contributed by atoms with van der Waals surface area (Å²) < 4.78 is 0. The average Bonchev–Trinajstić information content (AvgIpc) is 2.35. The molecule has 5 heteroatoms. The number of carbonyl (C=O) groups excluding carboxylic acids is 2. The van der Waals surface area contributed by atoms with Crippen LogP contribution >= 0.6 is 0 Å². The second-order valence-electron chi connectivity index (χ2n) is 4.45. The minimum absolute atomic E-state index is 0.0487. The second kappa shape index (κ2) is 6.89. The highest BCUT2D eigenvalue weighted by molar-refractivity contribution is 5.96. The summed E-state index contributed by atoms with van der Waals surface area (Å²) in [5.74, 6) is -0.0487. The van der Waals surface area contributed by atoms with Crippen LogP contribution in [-0.2, 0) is 0 Å². The van der Waals surface area contributed by atoms with Gasteiger partial charge >= 0.3 is 6.03 Å². The largest absolute Gasteiger partial charge is 0.392 e. The molecule has 0 unspecified atom stereocenters. The predicted molar refractivity (Wildman–Crippen MR) is 74.4 cm³/mol. The molecule has 2 N–H and O–H groups in total.